The molecule has 0 saturated heterocycles. The summed E-state index contributed by atoms with van der Waals surface area (Å²) in [6.45, 7) is 6.27. The first-order valence-corrected chi connectivity index (χ1v) is 17.4. The maximum absolute atomic E-state index is 13.6. The summed E-state index contributed by atoms with van der Waals surface area (Å²) in [4.78, 5) is 26.7. The molecule has 0 saturated carbocycles. The van der Waals surface area contributed by atoms with Gasteiger partial charge in [0.2, 0.25) is 0 Å². The first-order valence-electron chi connectivity index (χ1n) is 13.7. The molecule has 6 heteroatoms. The van der Waals surface area contributed by atoms with Crippen LogP contribution in [-0.2, 0) is 4.52 Å². The van der Waals surface area contributed by atoms with E-state index in [9.17, 15) is 9.59 Å². The van der Waals surface area contributed by atoms with Crippen LogP contribution < -0.4 is 0 Å². The summed E-state index contributed by atoms with van der Waals surface area (Å²) < 4.78 is 6.84. The van der Waals surface area contributed by atoms with Crippen molar-refractivity contribution in [2.75, 3.05) is 24.6 Å². The molecule has 0 fully saturated rings. The number of unbranched alkanes of at least 4 members (excludes halogenated alkanes) is 4. The predicted molar refractivity (Wildman–Crippen MR) is 155 cm³/mol. The monoisotopic (exact) mass is 532 g/mol. The number of carboxylic acids is 1. The maximum atomic E-state index is 13.6. The van der Waals surface area contributed by atoms with E-state index in [0.717, 1.165) is 85.8 Å². The average Bonchev–Trinajstić information content (AvgIpc) is 2.89. The number of carboxylic acid groups (broad SMARTS) is 1. The summed E-state index contributed by atoms with van der Waals surface area (Å²) in [5.74, 6) is -1.09. The molecule has 0 aliphatic carbocycles. The zero-order chi connectivity index (χ0) is 26.5. The fourth-order valence-electron chi connectivity index (χ4n) is 4.83. The first-order chi connectivity index (χ1) is 17.3. The quantitative estimate of drug-likeness (QED) is 0.206. The summed E-state index contributed by atoms with van der Waals surface area (Å²) in [5.41, 5.74) is 0.895. The van der Waals surface area contributed by atoms with E-state index in [-0.39, 0.29) is 11.5 Å². The van der Waals surface area contributed by atoms with E-state index in [4.69, 9.17) is 9.63 Å². The summed E-state index contributed by atoms with van der Waals surface area (Å²) in [6.07, 6.45) is 13.2. The Balaban J connectivity index is 2.28. The number of benzene rings is 2. The van der Waals surface area contributed by atoms with Crippen molar-refractivity contribution in [1.82, 2.24) is 0 Å². The third-order valence-electron chi connectivity index (χ3n) is 7.08. The van der Waals surface area contributed by atoms with Crippen LogP contribution in [-0.4, -0.2) is 41.7 Å². The van der Waals surface area contributed by atoms with Gasteiger partial charge in [-0.25, -0.2) is 4.79 Å². The van der Waals surface area contributed by atoms with Crippen LogP contribution in [0.15, 0.2) is 58.3 Å². The molecule has 0 aliphatic heterocycles. The molecule has 0 heterocycles. The first kappa shape index (κ1) is 30.4. The number of aromatic carboxylic acids is 1. The number of carbonyl (C=O) groups is 2. The summed E-state index contributed by atoms with van der Waals surface area (Å²) in [5, 5.41) is 9.09. The van der Waals surface area contributed by atoms with E-state index in [2.05, 4.69) is 27.7 Å². The van der Waals surface area contributed by atoms with Crippen molar-refractivity contribution >= 4 is 30.5 Å². The third kappa shape index (κ3) is 8.63. The number of rotatable bonds is 17. The van der Waals surface area contributed by atoms with Crippen molar-refractivity contribution in [2.45, 2.75) is 88.9 Å². The minimum atomic E-state index is -2.67. The topological polar surface area (TPSA) is 63.6 Å². The standard InChI is InChI=1S/C30H45O4PS/c1-5-9-21-35(22-10-6-2,23-11-7-3,24-12-8-4)34-30(33)26-15-19-28(20-16-26)36-27-17-13-25(14-18-27)29(31)32/h13-20H,5-12,21-24H2,1-4H3,(H,31,32). The van der Waals surface area contributed by atoms with Crippen molar-refractivity contribution in [2.24, 2.45) is 0 Å². The van der Waals surface area contributed by atoms with Gasteiger partial charge >= 0.3 is 213 Å². The zero-order valence-corrected chi connectivity index (χ0v) is 24.3. The van der Waals surface area contributed by atoms with Crippen molar-refractivity contribution in [3.63, 3.8) is 0 Å². The van der Waals surface area contributed by atoms with Crippen LogP contribution >= 0.6 is 18.6 Å². The summed E-state index contributed by atoms with van der Waals surface area (Å²) in [6, 6.07) is 14.5. The van der Waals surface area contributed by atoms with Gasteiger partial charge in [0, 0.05) is 0 Å². The normalized spacial score (nSPS) is 12.6. The zero-order valence-electron chi connectivity index (χ0n) is 22.6. The molecule has 0 radical (unpaired) electrons. The van der Waals surface area contributed by atoms with Crippen LogP contribution in [0.3, 0.4) is 0 Å². The van der Waals surface area contributed by atoms with E-state index in [0.29, 0.717) is 5.56 Å². The van der Waals surface area contributed by atoms with Gasteiger partial charge in [-0.05, 0) is 0 Å². The van der Waals surface area contributed by atoms with Crippen molar-refractivity contribution in [1.29, 1.82) is 0 Å². The molecule has 2 rings (SSSR count). The van der Waals surface area contributed by atoms with Gasteiger partial charge in [0.15, 0.2) is 0 Å². The molecule has 2 aromatic carbocycles. The van der Waals surface area contributed by atoms with E-state index >= 15 is 0 Å². The Kier molecular flexibility index (Phi) is 12.5. The molecular weight excluding hydrogens is 487 g/mol. The molecule has 36 heavy (non-hydrogen) atoms. The van der Waals surface area contributed by atoms with E-state index in [1.165, 1.54) is 0 Å². The fourth-order valence-corrected chi connectivity index (χ4v) is 12.4. The molecule has 4 nitrogen and oxygen atoms in total. The van der Waals surface area contributed by atoms with Gasteiger partial charge < -0.3 is 5.11 Å². The van der Waals surface area contributed by atoms with Gasteiger partial charge in [0.25, 0.3) is 0 Å². The van der Waals surface area contributed by atoms with Gasteiger partial charge in [-0.2, -0.15) is 0 Å². The minimum absolute atomic E-state index is 0.158. The van der Waals surface area contributed by atoms with Gasteiger partial charge in [0.05, 0.1) is 0 Å². The van der Waals surface area contributed by atoms with Gasteiger partial charge in [-0.1, -0.05) is 0 Å². The molecule has 0 aliphatic rings. The predicted octanol–water partition coefficient (Wildman–Crippen LogP) is 9.36. The fraction of sp³-hybridized carbons (Fsp3) is 0.533. The molecule has 200 valence electrons. The molecule has 0 aromatic heterocycles. The Morgan fingerprint density at radius 2 is 1.03 bits per heavy atom. The van der Waals surface area contributed by atoms with Crippen LogP contribution in [0.5, 0.6) is 0 Å². The Hall–Kier alpha value is -1.84. The molecule has 0 spiro atoms. The molecular formula is C30H45O4PS. The van der Waals surface area contributed by atoms with Gasteiger partial charge in [-0.15, -0.1) is 0 Å². The molecule has 0 unspecified atom stereocenters. The molecule has 0 atom stereocenters. The van der Waals surface area contributed by atoms with Crippen molar-refractivity contribution in [3.8, 4) is 0 Å². The second-order valence-electron chi connectivity index (χ2n) is 10.0. The Bertz CT molecular complexity index is 912. The number of hydrogen-bond acceptors (Lipinski definition) is 4. The van der Waals surface area contributed by atoms with Crippen molar-refractivity contribution < 1.29 is 19.2 Å². The Morgan fingerprint density at radius 3 is 1.36 bits per heavy atom. The average molecular weight is 533 g/mol. The van der Waals surface area contributed by atoms with E-state index in [1.54, 1.807) is 23.9 Å². The Morgan fingerprint density at radius 1 is 0.667 bits per heavy atom. The van der Waals surface area contributed by atoms with Crippen LogP contribution in [0, 0.1) is 0 Å². The molecule has 0 amide bonds. The second-order valence-corrected chi connectivity index (χ2v) is 16.8. The number of carbonyl (C=O) groups excluding carboxylic acids is 1. The van der Waals surface area contributed by atoms with Crippen LogP contribution in [0.25, 0.3) is 0 Å². The van der Waals surface area contributed by atoms with Crippen LogP contribution in [0.1, 0.15) is 99.8 Å². The second kappa shape index (κ2) is 14.8. The Labute approximate surface area is 222 Å². The molecule has 0 bridgehead atoms. The van der Waals surface area contributed by atoms with E-state index in [1.807, 2.05) is 36.4 Å². The molecule has 1 N–H and O–H groups in total. The SMILES string of the molecule is CCCCP(CCCC)(CCCC)(CCCC)OC(=O)c1ccc(Sc2ccc(C(=O)O)cc2)cc1. The van der Waals surface area contributed by atoms with E-state index < -0.39 is 12.8 Å². The third-order valence-corrected chi connectivity index (χ3v) is 14.6. The van der Waals surface area contributed by atoms with Gasteiger partial charge in [0.1, 0.15) is 0 Å². The molecule has 2 aromatic rings. The van der Waals surface area contributed by atoms with Crippen LogP contribution in [0.4, 0.5) is 0 Å². The number of hydrogen-bond donors (Lipinski definition) is 1. The van der Waals surface area contributed by atoms with Crippen molar-refractivity contribution in [3.05, 3.63) is 59.7 Å². The summed E-state index contributed by atoms with van der Waals surface area (Å²) >= 11 is 1.55. The van der Waals surface area contributed by atoms with Gasteiger partial charge in [-0.3, -0.25) is 0 Å². The summed E-state index contributed by atoms with van der Waals surface area (Å²) in [7, 11) is 0. The van der Waals surface area contributed by atoms with Crippen LogP contribution in [0.2, 0.25) is 0 Å².